The minimum Gasteiger partial charge on any atom is -0.480 e. The third-order valence-electron chi connectivity index (χ3n) is 10.8. The fourth-order valence-corrected chi connectivity index (χ4v) is 7.08. The largest absolute Gasteiger partial charge is 0.480 e. The smallest absolute Gasteiger partial charge is 0.328 e. The maximum atomic E-state index is 14.2. The summed E-state index contributed by atoms with van der Waals surface area (Å²) < 4.78 is 0. The lowest BCUT2D eigenvalue weighted by Crippen LogP contribution is -2.62. The highest BCUT2D eigenvalue weighted by Gasteiger charge is 2.41. The molecule has 0 aromatic heterocycles. The standard InChI is InChI=1S/C43H67N11O15/c1-21(2)17-28(42(67)54-16-8-11-30(54)40(65)50-27(18-24-9-6-5-7-10-24)38(63)53-35(23(4)57)43(68)69)51-41(66)34(22(3)56)52-39(64)29(20-55)48-33(60)19-47-37(62)26(13-15-32(46)59)49-36(61)25(44)12-14-31(45)58/h5-7,9-10,21-23,25-30,34-35,55-57H,8,11-20,44H2,1-4H3,(H2,45,58)(H2,46,59)(H,47,62)(H,48,60)(H,49,61)(H,50,65)(H,51,66)(H,52,64)(H,53,63)(H,68,69)/t22-,23-,25+,26+,27+,28+,29+,30+,34+,35+/m1/s1. The Labute approximate surface area is 398 Å². The first kappa shape index (κ1) is 58.4. The zero-order valence-electron chi connectivity index (χ0n) is 39.0. The molecule has 0 saturated carbocycles. The third kappa shape index (κ3) is 19.8. The predicted octanol–water partition coefficient (Wildman–Crippen LogP) is -6.01. The van der Waals surface area contributed by atoms with Crippen molar-refractivity contribution >= 4 is 65.0 Å². The Morgan fingerprint density at radius 3 is 1.80 bits per heavy atom. The van der Waals surface area contributed by atoms with Crippen molar-refractivity contribution < 1.29 is 73.2 Å². The van der Waals surface area contributed by atoms with Crippen LogP contribution in [0.2, 0.25) is 0 Å². The number of likely N-dealkylation sites (tertiary alicyclic amines) is 1. The van der Waals surface area contributed by atoms with Crippen molar-refractivity contribution in [2.45, 2.75) is 140 Å². The maximum absolute atomic E-state index is 14.2. The summed E-state index contributed by atoms with van der Waals surface area (Å²) in [5, 5.41) is 56.4. The topological polar surface area (TPSA) is 434 Å². The average molecular weight is 978 g/mol. The third-order valence-corrected chi connectivity index (χ3v) is 10.8. The molecule has 10 amide bonds. The number of nitrogens with one attached hydrogen (secondary N) is 7. The number of aliphatic hydroxyl groups is 3. The van der Waals surface area contributed by atoms with Gasteiger partial charge >= 0.3 is 5.97 Å². The highest BCUT2D eigenvalue weighted by Crippen LogP contribution is 2.21. The van der Waals surface area contributed by atoms with Crippen molar-refractivity contribution in [1.82, 2.24) is 42.1 Å². The van der Waals surface area contributed by atoms with Gasteiger partial charge in [-0.2, -0.15) is 0 Å². The maximum Gasteiger partial charge on any atom is 0.328 e. The van der Waals surface area contributed by atoms with Gasteiger partial charge in [0, 0.05) is 25.8 Å². The molecule has 0 bridgehead atoms. The number of nitrogens with zero attached hydrogens (tertiary/aromatic N) is 1. The minimum absolute atomic E-state index is 0.0149. The summed E-state index contributed by atoms with van der Waals surface area (Å²) in [5.74, 6) is -10.8. The first-order valence-electron chi connectivity index (χ1n) is 22.3. The van der Waals surface area contributed by atoms with Crippen LogP contribution in [-0.2, 0) is 59.2 Å². The SMILES string of the molecule is CC(C)C[C@H](NC(=O)[C@@H](NC(=O)[C@H](CO)NC(=O)CNC(=O)[C@H](CCC(N)=O)NC(=O)[C@@H](N)CCC(N)=O)[C@@H](C)O)C(=O)N1CCC[C@H]1C(=O)N[C@@H](Cc1ccccc1)C(=O)N[C@H](C(=O)O)[C@@H](C)O. The van der Waals surface area contributed by atoms with Gasteiger partial charge in [-0.25, -0.2) is 4.79 Å². The first-order valence-corrected chi connectivity index (χ1v) is 22.3. The number of carboxylic acid groups (broad SMARTS) is 1. The zero-order chi connectivity index (χ0) is 52.1. The van der Waals surface area contributed by atoms with E-state index in [-0.39, 0.29) is 57.4 Å². The zero-order valence-corrected chi connectivity index (χ0v) is 39.0. The number of benzene rings is 1. The minimum atomic E-state index is -1.78. The van der Waals surface area contributed by atoms with E-state index in [2.05, 4.69) is 37.2 Å². The molecular weight excluding hydrogens is 911 g/mol. The van der Waals surface area contributed by atoms with Crippen LogP contribution in [0.25, 0.3) is 0 Å². The van der Waals surface area contributed by atoms with Gasteiger partial charge in [-0.3, -0.25) is 47.9 Å². The number of hydrogen-bond acceptors (Lipinski definition) is 15. The second-order valence-corrected chi connectivity index (χ2v) is 17.1. The van der Waals surface area contributed by atoms with E-state index >= 15 is 0 Å². The second kappa shape index (κ2) is 28.5. The van der Waals surface area contributed by atoms with Crippen LogP contribution in [0.3, 0.4) is 0 Å². The van der Waals surface area contributed by atoms with Crippen LogP contribution in [0.4, 0.5) is 0 Å². The van der Waals surface area contributed by atoms with Crippen molar-refractivity contribution in [2.24, 2.45) is 23.1 Å². The molecule has 1 aromatic rings. The lowest BCUT2D eigenvalue weighted by molar-refractivity contribution is -0.145. The molecule has 1 heterocycles. The monoisotopic (exact) mass is 977 g/mol. The number of amides is 10. The molecule has 0 radical (unpaired) electrons. The molecule has 17 N–H and O–H groups in total. The molecule has 0 unspecified atom stereocenters. The molecule has 1 saturated heterocycles. The van der Waals surface area contributed by atoms with Gasteiger partial charge in [0.2, 0.25) is 59.1 Å². The van der Waals surface area contributed by atoms with E-state index in [4.69, 9.17) is 17.2 Å². The van der Waals surface area contributed by atoms with Crippen molar-refractivity contribution in [3.8, 4) is 0 Å². The quantitative estimate of drug-likeness (QED) is 0.0355. The lowest BCUT2D eigenvalue weighted by Gasteiger charge is -2.32. The van der Waals surface area contributed by atoms with Crippen molar-refractivity contribution in [2.75, 3.05) is 19.7 Å². The molecule has 26 heteroatoms. The number of carbonyl (C=O) groups is 11. The summed E-state index contributed by atoms with van der Waals surface area (Å²) in [6, 6.07) is -3.24. The van der Waals surface area contributed by atoms with E-state index in [9.17, 15) is 73.2 Å². The fourth-order valence-electron chi connectivity index (χ4n) is 7.08. The Morgan fingerprint density at radius 2 is 1.25 bits per heavy atom. The molecular formula is C43H67N11O15. The summed E-state index contributed by atoms with van der Waals surface area (Å²) in [6.07, 6.45) is -3.74. The van der Waals surface area contributed by atoms with Gasteiger partial charge in [-0.15, -0.1) is 0 Å². The number of nitrogens with two attached hydrogens (primary N) is 3. The molecule has 384 valence electrons. The number of carboxylic acids is 1. The molecule has 1 aliphatic heterocycles. The summed E-state index contributed by atoms with van der Waals surface area (Å²) in [6.45, 7) is 4.00. The second-order valence-electron chi connectivity index (χ2n) is 17.1. The Hall–Kier alpha value is -6.77. The first-order chi connectivity index (χ1) is 32.4. The molecule has 1 fully saturated rings. The molecule has 10 atom stereocenters. The molecule has 2 rings (SSSR count). The van der Waals surface area contributed by atoms with Crippen LogP contribution in [0.1, 0.15) is 78.2 Å². The average Bonchev–Trinajstić information content (AvgIpc) is 3.78. The Balaban J connectivity index is 2.19. The Kier molecular flexibility index (Phi) is 24.1. The van der Waals surface area contributed by atoms with E-state index in [1.807, 2.05) is 0 Å². The van der Waals surface area contributed by atoms with Crippen molar-refractivity contribution in [3.05, 3.63) is 35.9 Å². The van der Waals surface area contributed by atoms with Crippen molar-refractivity contribution in [1.29, 1.82) is 0 Å². The summed E-state index contributed by atoms with van der Waals surface area (Å²) in [5.41, 5.74) is 16.6. The van der Waals surface area contributed by atoms with Gasteiger partial charge < -0.3 is 79.7 Å². The molecule has 69 heavy (non-hydrogen) atoms. The van der Waals surface area contributed by atoms with Crippen LogP contribution < -0.4 is 54.4 Å². The van der Waals surface area contributed by atoms with Gasteiger partial charge in [0.25, 0.3) is 0 Å². The summed E-state index contributed by atoms with van der Waals surface area (Å²) >= 11 is 0. The van der Waals surface area contributed by atoms with Gasteiger partial charge in [0.05, 0.1) is 31.4 Å². The van der Waals surface area contributed by atoms with Crippen LogP contribution >= 0.6 is 0 Å². The number of hydrogen-bond donors (Lipinski definition) is 14. The predicted molar refractivity (Wildman–Crippen MR) is 242 cm³/mol. The molecule has 0 spiro atoms. The highest BCUT2D eigenvalue weighted by molar-refractivity contribution is 5.98. The van der Waals surface area contributed by atoms with Gasteiger partial charge in [-0.05, 0) is 57.4 Å². The summed E-state index contributed by atoms with van der Waals surface area (Å²) in [7, 11) is 0. The van der Waals surface area contributed by atoms with Gasteiger partial charge in [0.15, 0.2) is 6.04 Å². The number of carbonyl (C=O) groups excluding carboxylic acids is 10. The number of primary amides is 2. The highest BCUT2D eigenvalue weighted by atomic mass is 16.4. The normalized spacial score (nSPS) is 17.2. The summed E-state index contributed by atoms with van der Waals surface area (Å²) in [4.78, 5) is 142. The van der Waals surface area contributed by atoms with E-state index in [0.717, 1.165) is 6.92 Å². The Morgan fingerprint density at radius 1 is 0.681 bits per heavy atom. The van der Waals surface area contributed by atoms with Gasteiger partial charge in [-0.1, -0.05) is 44.2 Å². The van der Waals surface area contributed by atoms with Crippen molar-refractivity contribution in [3.63, 3.8) is 0 Å². The molecule has 0 aliphatic carbocycles. The van der Waals surface area contributed by atoms with Crippen LogP contribution in [0.15, 0.2) is 30.3 Å². The fraction of sp³-hybridized carbons (Fsp3) is 0.605. The van der Waals surface area contributed by atoms with E-state index < -0.39 is 139 Å². The van der Waals surface area contributed by atoms with E-state index in [1.165, 1.54) is 11.8 Å². The van der Waals surface area contributed by atoms with Crippen LogP contribution in [0, 0.1) is 5.92 Å². The molecule has 1 aromatic carbocycles. The van der Waals surface area contributed by atoms with E-state index in [1.54, 1.807) is 44.2 Å². The number of aliphatic hydroxyl groups excluding tert-OH is 3. The number of rotatable bonds is 29. The lowest BCUT2D eigenvalue weighted by atomic mass is 10.0. The number of aliphatic carboxylic acids is 1. The Bertz CT molecular complexity index is 1990. The van der Waals surface area contributed by atoms with Gasteiger partial charge in [0.1, 0.15) is 36.3 Å². The van der Waals surface area contributed by atoms with Crippen LogP contribution in [-0.4, -0.2) is 171 Å². The van der Waals surface area contributed by atoms with E-state index in [0.29, 0.717) is 12.0 Å². The van der Waals surface area contributed by atoms with Crippen LogP contribution in [0.5, 0.6) is 0 Å². The molecule has 1 aliphatic rings. The molecule has 26 nitrogen and oxygen atoms in total.